The third kappa shape index (κ3) is 2.86. The Morgan fingerprint density at radius 2 is 2.19 bits per heavy atom. The third-order valence-corrected chi connectivity index (χ3v) is 5.59. The average molecular weight is 324 g/mol. The quantitative estimate of drug-likeness (QED) is 0.906. The summed E-state index contributed by atoms with van der Waals surface area (Å²) in [5.41, 5.74) is 0. The van der Waals surface area contributed by atoms with E-state index in [4.69, 9.17) is 0 Å². The van der Waals surface area contributed by atoms with E-state index < -0.39 is 0 Å². The molecule has 3 heterocycles. The molecule has 0 aromatic carbocycles. The van der Waals surface area contributed by atoms with Crippen LogP contribution in [-0.2, 0) is 4.79 Å². The monoisotopic (exact) mass is 324 g/mol. The minimum atomic E-state index is -0.00639. The van der Waals surface area contributed by atoms with Gasteiger partial charge in [-0.15, -0.1) is 11.3 Å². The van der Waals surface area contributed by atoms with Crippen molar-refractivity contribution in [1.29, 1.82) is 0 Å². The van der Waals surface area contributed by atoms with Crippen LogP contribution in [-0.4, -0.2) is 55.4 Å². The number of aromatic nitrogens is 1. The van der Waals surface area contributed by atoms with Crippen molar-refractivity contribution in [2.24, 2.45) is 0 Å². The van der Waals surface area contributed by atoms with Crippen LogP contribution in [0.2, 0.25) is 0 Å². The molecule has 2 amide bonds. The largest absolute Gasteiger partial charge is 0.354 e. The summed E-state index contributed by atoms with van der Waals surface area (Å²) in [6, 6.07) is 1.91. The highest BCUT2D eigenvalue weighted by Crippen LogP contribution is 2.34. The van der Waals surface area contributed by atoms with Gasteiger partial charge in [-0.3, -0.25) is 9.59 Å². The predicted molar refractivity (Wildman–Crippen MR) is 85.4 cm³/mol. The lowest BCUT2D eigenvalue weighted by atomic mass is 10.3. The normalized spacial score (nSPS) is 15.9. The van der Waals surface area contributed by atoms with Crippen LogP contribution in [0.1, 0.15) is 16.1 Å². The molecule has 1 N–H and O–H groups in total. The number of nitrogens with zero attached hydrogens (tertiary/aromatic N) is 3. The first-order chi connectivity index (χ1) is 10.0. The maximum atomic E-state index is 12.5. The van der Waals surface area contributed by atoms with Gasteiger partial charge in [-0.1, -0.05) is 11.3 Å². The summed E-state index contributed by atoms with van der Waals surface area (Å²) < 4.78 is 1.04. The topological polar surface area (TPSA) is 65.5 Å². The number of carbonyl (C=O) groups excluding carboxylic acids is 2. The molecule has 0 spiro atoms. The number of carbonyl (C=O) groups is 2. The first-order valence-corrected chi connectivity index (χ1v) is 8.31. The number of hydrogen-bond acceptors (Lipinski definition) is 6. The minimum Gasteiger partial charge on any atom is -0.354 e. The van der Waals surface area contributed by atoms with Gasteiger partial charge >= 0.3 is 0 Å². The van der Waals surface area contributed by atoms with Crippen molar-refractivity contribution in [3.63, 3.8) is 0 Å². The molecule has 0 aliphatic carbocycles. The zero-order valence-corrected chi connectivity index (χ0v) is 13.5. The Balaban J connectivity index is 1.81. The fourth-order valence-electron chi connectivity index (χ4n) is 2.15. The number of rotatable bonds is 2. The van der Waals surface area contributed by atoms with E-state index in [9.17, 15) is 9.59 Å². The van der Waals surface area contributed by atoms with Crippen LogP contribution in [0.25, 0.3) is 9.53 Å². The Hall–Kier alpha value is -1.67. The molecule has 6 nitrogen and oxygen atoms in total. The zero-order chi connectivity index (χ0) is 15.0. The second-order valence-electron chi connectivity index (χ2n) is 5.06. The van der Waals surface area contributed by atoms with E-state index in [1.54, 1.807) is 16.2 Å². The summed E-state index contributed by atoms with van der Waals surface area (Å²) in [5.74, 6) is 0.00265. The second-order valence-corrected chi connectivity index (χ2v) is 7.10. The number of amides is 2. The van der Waals surface area contributed by atoms with E-state index in [0.29, 0.717) is 30.9 Å². The molecule has 2 aromatic rings. The van der Waals surface area contributed by atoms with Crippen molar-refractivity contribution in [3.8, 4) is 0 Å². The standard InChI is InChI=1S/C13H16N4O2S2/c1-16(2)13-15-11-8(21-13)7-9(20-11)12(19)17-5-3-10(18)14-4-6-17/h7H,3-6H2,1-2H3,(H,14,18). The molecular formula is C13H16N4O2S2. The van der Waals surface area contributed by atoms with Crippen LogP contribution < -0.4 is 10.2 Å². The molecule has 0 atom stereocenters. The van der Waals surface area contributed by atoms with Crippen molar-refractivity contribution in [3.05, 3.63) is 10.9 Å². The van der Waals surface area contributed by atoms with E-state index in [-0.39, 0.29) is 11.8 Å². The highest BCUT2D eigenvalue weighted by atomic mass is 32.1. The molecule has 112 valence electrons. The van der Waals surface area contributed by atoms with Crippen molar-refractivity contribution in [2.75, 3.05) is 38.6 Å². The van der Waals surface area contributed by atoms with Gasteiger partial charge in [0.05, 0.1) is 9.58 Å². The van der Waals surface area contributed by atoms with Gasteiger partial charge in [0.25, 0.3) is 5.91 Å². The van der Waals surface area contributed by atoms with E-state index in [0.717, 1.165) is 14.7 Å². The molecule has 2 aromatic heterocycles. The molecule has 0 unspecified atom stereocenters. The first-order valence-electron chi connectivity index (χ1n) is 6.68. The molecule has 1 fully saturated rings. The third-order valence-electron chi connectivity index (χ3n) is 3.27. The van der Waals surface area contributed by atoms with Gasteiger partial charge in [-0.2, -0.15) is 0 Å². The van der Waals surface area contributed by atoms with Crippen molar-refractivity contribution in [1.82, 2.24) is 15.2 Å². The van der Waals surface area contributed by atoms with Crippen molar-refractivity contribution < 1.29 is 9.59 Å². The van der Waals surface area contributed by atoms with Gasteiger partial charge in [0.1, 0.15) is 4.83 Å². The summed E-state index contributed by atoms with van der Waals surface area (Å²) in [4.78, 5) is 33.7. The van der Waals surface area contributed by atoms with E-state index >= 15 is 0 Å². The van der Waals surface area contributed by atoms with Gasteiger partial charge in [-0.25, -0.2) is 4.98 Å². The number of fused-ring (bicyclic) bond motifs is 1. The maximum Gasteiger partial charge on any atom is 0.264 e. The van der Waals surface area contributed by atoms with Crippen LogP contribution in [0.5, 0.6) is 0 Å². The molecule has 1 aliphatic heterocycles. The summed E-state index contributed by atoms with van der Waals surface area (Å²) in [5, 5.41) is 3.72. The summed E-state index contributed by atoms with van der Waals surface area (Å²) >= 11 is 3.00. The van der Waals surface area contributed by atoms with Crippen molar-refractivity contribution in [2.45, 2.75) is 6.42 Å². The van der Waals surface area contributed by atoms with Crippen LogP contribution >= 0.6 is 22.7 Å². The smallest absolute Gasteiger partial charge is 0.264 e. The average Bonchev–Trinajstić information content (AvgIpc) is 2.93. The maximum absolute atomic E-state index is 12.5. The zero-order valence-electron chi connectivity index (χ0n) is 11.9. The summed E-state index contributed by atoms with van der Waals surface area (Å²) in [6.07, 6.45) is 0.370. The van der Waals surface area contributed by atoms with Gasteiger partial charge in [0, 0.05) is 40.2 Å². The van der Waals surface area contributed by atoms with E-state index in [1.807, 2.05) is 25.1 Å². The van der Waals surface area contributed by atoms with E-state index in [2.05, 4.69) is 10.3 Å². The molecule has 1 saturated heterocycles. The van der Waals surface area contributed by atoms with Crippen LogP contribution in [0, 0.1) is 0 Å². The Morgan fingerprint density at radius 3 is 2.90 bits per heavy atom. The van der Waals surface area contributed by atoms with Gasteiger partial charge in [-0.05, 0) is 6.07 Å². The van der Waals surface area contributed by atoms with Crippen molar-refractivity contribution >= 4 is 49.1 Å². The molecule has 0 radical (unpaired) electrons. The number of nitrogens with one attached hydrogen (secondary N) is 1. The molecule has 0 saturated carbocycles. The fraction of sp³-hybridized carbons (Fsp3) is 0.462. The molecular weight excluding hydrogens is 308 g/mol. The second kappa shape index (κ2) is 5.61. The van der Waals surface area contributed by atoms with Crippen LogP contribution in [0.4, 0.5) is 5.13 Å². The van der Waals surface area contributed by atoms with Crippen LogP contribution in [0.15, 0.2) is 6.07 Å². The molecule has 3 rings (SSSR count). The van der Waals surface area contributed by atoms with Gasteiger partial charge in [0.15, 0.2) is 5.13 Å². The molecule has 8 heteroatoms. The Bertz CT molecular complexity index is 660. The number of anilines is 1. The highest BCUT2D eigenvalue weighted by Gasteiger charge is 2.22. The van der Waals surface area contributed by atoms with E-state index in [1.165, 1.54) is 11.3 Å². The SMILES string of the molecule is CN(C)c1nc2sc(C(=O)N3CCNC(=O)CC3)cc2s1. The number of hydrogen-bond donors (Lipinski definition) is 1. The minimum absolute atomic E-state index is 0.00639. The first kappa shape index (κ1) is 14.3. The van der Waals surface area contributed by atoms with Gasteiger partial charge < -0.3 is 15.1 Å². The van der Waals surface area contributed by atoms with Crippen LogP contribution in [0.3, 0.4) is 0 Å². The summed E-state index contributed by atoms with van der Waals surface area (Å²) in [6.45, 7) is 1.56. The lowest BCUT2D eigenvalue weighted by Crippen LogP contribution is -2.33. The Labute approximate surface area is 130 Å². The molecule has 1 aliphatic rings. The Kier molecular flexibility index (Phi) is 3.81. The fourth-order valence-corrected chi connectivity index (χ4v) is 4.25. The Morgan fingerprint density at radius 1 is 1.38 bits per heavy atom. The predicted octanol–water partition coefficient (Wildman–Crippen LogP) is 1.39. The highest BCUT2D eigenvalue weighted by molar-refractivity contribution is 7.29. The van der Waals surface area contributed by atoms with Gasteiger partial charge in [0.2, 0.25) is 5.91 Å². The summed E-state index contributed by atoms with van der Waals surface area (Å²) in [7, 11) is 3.91. The lowest BCUT2D eigenvalue weighted by molar-refractivity contribution is -0.120. The molecule has 0 bridgehead atoms. The number of thiophene rings is 1. The number of thiazole rings is 1. The molecule has 21 heavy (non-hydrogen) atoms. The lowest BCUT2D eigenvalue weighted by Gasteiger charge is -2.18.